The molecule has 5 nitrogen and oxygen atoms in total. The Morgan fingerprint density at radius 2 is 2.00 bits per heavy atom. The maximum absolute atomic E-state index is 12.2. The molecule has 1 aliphatic rings. The molecule has 1 unspecified atom stereocenters. The summed E-state index contributed by atoms with van der Waals surface area (Å²) in [6.45, 7) is 5.05. The van der Waals surface area contributed by atoms with E-state index in [9.17, 15) is 9.59 Å². The van der Waals surface area contributed by atoms with Gasteiger partial charge in [0.2, 0.25) is 11.8 Å². The molecule has 1 rings (SSSR count). The molecule has 19 heavy (non-hydrogen) atoms. The fourth-order valence-corrected chi connectivity index (χ4v) is 2.29. The first-order chi connectivity index (χ1) is 8.95. The van der Waals surface area contributed by atoms with Crippen LogP contribution in [0.2, 0.25) is 0 Å². The molecule has 0 aromatic carbocycles. The maximum Gasteiger partial charge on any atom is 0.227 e. The van der Waals surface area contributed by atoms with Gasteiger partial charge in [-0.3, -0.25) is 9.59 Å². The second-order valence-corrected chi connectivity index (χ2v) is 5.66. The van der Waals surface area contributed by atoms with Crippen molar-refractivity contribution in [2.45, 2.75) is 26.2 Å². The predicted octanol–water partition coefficient (Wildman–Crippen LogP) is 0.655. The van der Waals surface area contributed by atoms with Crippen LogP contribution in [0.1, 0.15) is 26.2 Å². The zero-order chi connectivity index (χ0) is 14.4. The van der Waals surface area contributed by atoms with Crippen molar-refractivity contribution in [1.29, 1.82) is 0 Å². The number of hydrogen-bond donors (Lipinski definition) is 0. The highest BCUT2D eigenvalue weighted by Gasteiger charge is 2.35. The molecule has 1 saturated heterocycles. The van der Waals surface area contributed by atoms with Crippen LogP contribution < -0.4 is 0 Å². The van der Waals surface area contributed by atoms with Gasteiger partial charge in [-0.1, -0.05) is 13.3 Å². The van der Waals surface area contributed by atoms with Crippen molar-refractivity contribution < 1.29 is 9.59 Å². The van der Waals surface area contributed by atoms with E-state index >= 15 is 0 Å². The summed E-state index contributed by atoms with van der Waals surface area (Å²) in [5.41, 5.74) is 0. The number of nitrogens with zero attached hydrogens (tertiary/aromatic N) is 3. The average Bonchev–Trinajstić information content (AvgIpc) is 2.73. The topological polar surface area (TPSA) is 43.9 Å². The zero-order valence-corrected chi connectivity index (χ0v) is 12.7. The van der Waals surface area contributed by atoms with Gasteiger partial charge in [-0.25, -0.2) is 0 Å². The van der Waals surface area contributed by atoms with Crippen LogP contribution in [0.25, 0.3) is 0 Å². The molecular formula is C14H27N3O2. The third kappa shape index (κ3) is 4.82. The van der Waals surface area contributed by atoms with E-state index in [1.807, 2.05) is 26.0 Å². The first kappa shape index (κ1) is 16.0. The Morgan fingerprint density at radius 3 is 2.58 bits per heavy atom. The molecule has 1 fully saturated rings. The molecule has 0 spiro atoms. The SMILES string of the molecule is CCCCN(C)C(=O)C1CC(=O)N(CCN(C)C)C1. The summed E-state index contributed by atoms with van der Waals surface area (Å²) in [6, 6.07) is 0. The van der Waals surface area contributed by atoms with Crippen molar-refractivity contribution in [1.82, 2.24) is 14.7 Å². The lowest BCUT2D eigenvalue weighted by atomic mass is 10.1. The fourth-order valence-electron chi connectivity index (χ4n) is 2.29. The van der Waals surface area contributed by atoms with Gasteiger partial charge in [0.05, 0.1) is 5.92 Å². The molecule has 1 heterocycles. The van der Waals surface area contributed by atoms with Crippen LogP contribution in [0, 0.1) is 5.92 Å². The number of carbonyl (C=O) groups excluding carboxylic acids is 2. The molecule has 0 saturated carbocycles. The van der Waals surface area contributed by atoms with Gasteiger partial charge in [0, 0.05) is 39.6 Å². The summed E-state index contributed by atoms with van der Waals surface area (Å²) >= 11 is 0. The summed E-state index contributed by atoms with van der Waals surface area (Å²) in [7, 11) is 5.81. The van der Waals surface area contributed by atoms with Crippen molar-refractivity contribution in [3.63, 3.8) is 0 Å². The summed E-state index contributed by atoms with van der Waals surface area (Å²) in [5.74, 6) is 0.0924. The molecule has 0 aromatic heterocycles. The smallest absolute Gasteiger partial charge is 0.227 e. The Morgan fingerprint density at radius 1 is 1.32 bits per heavy atom. The minimum absolute atomic E-state index is 0.115. The number of rotatable bonds is 7. The molecule has 0 N–H and O–H groups in total. The second kappa shape index (κ2) is 7.48. The Balaban J connectivity index is 2.44. The minimum Gasteiger partial charge on any atom is -0.345 e. The van der Waals surface area contributed by atoms with Gasteiger partial charge in [0.25, 0.3) is 0 Å². The Bertz CT molecular complexity index is 318. The molecule has 0 aromatic rings. The molecule has 0 bridgehead atoms. The molecule has 0 aliphatic carbocycles. The Kier molecular flexibility index (Phi) is 6.28. The average molecular weight is 269 g/mol. The standard InChI is InChI=1S/C14H27N3O2/c1-5-6-7-16(4)14(19)12-10-13(18)17(11-12)9-8-15(2)3/h12H,5-11H2,1-4H3. The zero-order valence-electron chi connectivity index (χ0n) is 12.7. The van der Waals surface area contributed by atoms with Crippen LogP contribution in [0.5, 0.6) is 0 Å². The minimum atomic E-state index is -0.142. The van der Waals surface area contributed by atoms with Crippen molar-refractivity contribution in [3.05, 3.63) is 0 Å². The molecule has 5 heteroatoms. The van der Waals surface area contributed by atoms with Gasteiger partial charge in [0.1, 0.15) is 0 Å². The molecule has 110 valence electrons. The van der Waals surface area contributed by atoms with Gasteiger partial charge in [-0.15, -0.1) is 0 Å². The second-order valence-electron chi connectivity index (χ2n) is 5.66. The maximum atomic E-state index is 12.2. The van der Waals surface area contributed by atoms with Crippen LogP contribution in [0.15, 0.2) is 0 Å². The van der Waals surface area contributed by atoms with Crippen LogP contribution in [-0.4, -0.2) is 73.8 Å². The summed E-state index contributed by atoms with van der Waals surface area (Å²) < 4.78 is 0. The summed E-state index contributed by atoms with van der Waals surface area (Å²) in [4.78, 5) is 29.7. The Labute approximate surface area is 116 Å². The van der Waals surface area contributed by atoms with Gasteiger partial charge in [-0.05, 0) is 20.5 Å². The van der Waals surface area contributed by atoms with E-state index in [2.05, 4.69) is 11.8 Å². The predicted molar refractivity (Wildman–Crippen MR) is 75.8 cm³/mol. The van der Waals surface area contributed by atoms with Crippen molar-refractivity contribution in [3.8, 4) is 0 Å². The van der Waals surface area contributed by atoms with E-state index in [1.165, 1.54) is 0 Å². The summed E-state index contributed by atoms with van der Waals surface area (Å²) in [6.07, 6.45) is 2.48. The number of carbonyl (C=O) groups is 2. The third-order valence-corrected chi connectivity index (χ3v) is 3.60. The molecule has 0 radical (unpaired) electrons. The Hall–Kier alpha value is -1.10. The van der Waals surface area contributed by atoms with E-state index in [-0.39, 0.29) is 17.7 Å². The third-order valence-electron chi connectivity index (χ3n) is 3.60. The van der Waals surface area contributed by atoms with E-state index in [0.717, 1.165) is 25.9 Å². The van der Waals surface area contributed by atoms with Crippen molar-refractivity contribution in [2.24, 2.45) is 5.92 Å². The normalized spacial score (nSPS) is 19.3. The molecule has 1 aliphatic heterocycles. The van der Waals surface area contributed by atoms with Gasteiger partial charge in [-0.2, -0.15) is 0 Å². The number of hydrogen-bond acceptors (Lipinski definition) is 3. The van der Waals surface area contributed by atoms with Crippen molar-refractivity contribution >= 4 is 11.8 Å². The number of likely N-dealkylation sites (tertiary alicyclic amines) is 1. The number of unbranched alkanes of at least 4 members (excludes halogenated alkanes) is 1. The monoisotopic (exact) mass is 269 g/mol. The lowest BCUT2D eigenvalue weighted by Gasteiger charge is -2.22. The van der Waals surface area contributed by atoms with E-state index < -0.39 is 0 Å². The van der Waals surface area contributed by atoms with Crippen LogP contribution >= 0.6 is 0 Å². The quantitative estimate of drug-likeness (QED) is 0.682. The van der Waals surface area contributed by atoms with Gasteiger partial charge >= 0.3 is 0 Å². The fraction of sp³-hybridized carbons (Fsp3) is 0.857. The molecular weight excluding hydrogens is 242 g/mol. The van der Waals surface area contributed by atoms with E-state index in [1.54, 1.807) is 4.90 Å². The lowest BCUT2D eigenvalue weighted by molar-refractivity contribution is -0.134. The summed E-state index contributed by atoms with van der Waals surface area (Å²) in [5, 5.41) is 0. The van der Waals surface area contributed by atoms with Gasteiger partial charge < -0.3 is 14.7 Å². The van der Waals surface area contributed by atoms with E-state index in [4.69, 9.17) is 0 Å². The number of likely N-dealkylation sites (N-methyl/N-ethyl adjacent to an activating group) is 1. The highest BCUT2D eigenvalue weighted by atomic mass is 16.2. The highest BCUT2D eigenvalue weighted by molar-refractivity contribution is 5.89. The van der Waals surface area contributed by atoms with Crippen LogP contribution in [0.3, 0.4) is 0 Å². The van der Waals surface area contributed by atoms with Crippen molar-refractivity contribution in [2.75, 3.05) is 47.3 Å². The largest absolute Gasteiger partial charge is 0.345 e. The molecule has 1 atom stereocenters. The molecule has 2 amide bonds. The van der Waals surface area contributed by atoms with Crippen LogP contribution in [-0.2, 0) is 9.59 Å². The highest BCUT2D eigenvalue weighted by Crippen LogP contribution is 2.19. The van der Waals surface area contributed by atoms with Crippen LogP contribution in [0.4, 0.5) is 0 Å². The lowest BCUT2D eigenvalue weighted by Crippen LogP contribution is -2.36. The van der Waals surface area contributed by atoms with E-state index in [0.29, 0.717) is 19.5 Å². The first-order valence-corrected chi connectivity index (χ1v) is 7.13. The first-order valence-electron chi connectivity index (χ1n) is 7.13. The number of amides is 2. The van der Waals surface area contributed by atoms with Gasteiger partial charge in [0.15, 0.2) is 0 Å².